The summed E-state index contributed by atoms with van der Waals surface area (Å²) >= 11 is 0. The summed E-state index contributed by atoms with van der Waals surface area (Å²) in [6.07, 6.45) is 0.444. The molecule has 3 rings (SSSR count). The zero-order valence-electron chi connectivity index (χ0n) is 15.6. The summed E-state index contributed by atoms with van der Waals surface area (Å²) in [5.41, 5.74) is 7.18. The first-order valence-corrected chi connectivity index (χ1v) is 10.5. The van der Waals surface area contributed by atoms with Crippen LogP contribution in [-0.4, -0.2) is 26.0 Å². The van der Waals surface area contributed by atoms with E-state index in [2.05, 4.69) is 0 Å². The smallest absolute Gasteiger partial charge is 0.252 e. The summed E-state index contributed by atoms with van der Waals surface area (Å²) in [5, 5.41) is 8.98. The van der Waals surface area contributed by atoms with Crippen LogP contribution in [0.25, 0.3) is 0 Å². The normalized spacial score (nSPS) is 11.2. The van der Waals surface area contributed by atoms with Gasteiger partial charge < -0.3 is 15.6 Å². The Morgan fingerprint density at radius 2 is 1.55 bits per heavy atom. The number of rotatable bonds is 8. The van der Waals surface area contributed by atoms with Crippen LogP contribution in [0.4, 0.5) is 0 Å². The van der Waals surface area contributed by atoms with Crippen LogP contribution in [0, 0.1) is 0 Å². The lowest BCUT2D eigenvalue weighted by Gasteiger charge is -2.12. The highest BCUT2D eigenvalue weighted by Gasteiger charge is 2.21. The summed E-state index contributed by atoms with van der Waals surface area (Å²) < 4.78 is 31.5. The number of hydrogen-bond donors (Lipinski definition) is 2. The lowest BCUT2D eigenvalue weighted by Crippen LogP contribution is -2.14. The van der Waals surface area contributed by atoms with Gasteiger partial charge in [0.05, 0.1) is 15.4 Å². The quantitative estimate of drug-likeness (QED) is 0.593. The average Bonchev–Trinajstić information content (AvgIpc) is 2.73. The highest BCUT2D eigenvalue weighted by molar-refractivity contribution is 7.91. The molecule has 0 aliphatic rings. The molecule has 3 N–H and O–H groups in total. The largest absolute Gasteiger partial charge is 0.488 e. The van der Waals surface area contributed by atoms with E-state index >= 15 is 0 Å². The predicted octanol–water partition coefficient (Wildman–Crippen LogP) is 2.73. The molecule has 0 atom stereocenters. The predicted molar refractivity (Wildman–Crippen MR) is 108 cm³/mol. The van der Waals surface area contributed by atoms with Crippen LogP contribution in [0.15, 0.2) is 82.6 Å². The maximum absolute atomic E-state index is 12.9. The summed E-state index contributed by atoms with van der Waals surface area (Å²) in [6.45, 7) is 0.206. The van der Waals surface area contributed by atoms with Crippen LogP contribution >= 0.6 is 0 Å². The molecule has 0 radical (unpaired) electrons. The van der Waals surface area contributed by atoms with Gasteiger partial charge in [-0.3, -0.25) is 4.79 Å². The van der Waals surface area contributed by atoms with Gasteiger partial charge in [-0.25, -0.2) is 8.42 Å². The fourth-order valence-electron chi connectivity index (χ4n) is 2.83. The lowest BCUT2D eigenvalue weighted by atomic mass is 10.2. The Balaban J connectivity index is 1.89. The van der Waals surface area contributed by atoms with Crippen LogP contribution in [0.2, 0.25) is 0 Å². The van der Waals surface area contributed by atoms with Gasteiger partial charge in [0.25, 0.3) is 5.91 Å². The molecule has 0 heterocycles. The molecule has 0 saturated heterocycles. The van der Waals surface area contributed by atoms with E-state index in [9.17, 15) is 13.2 Å². The van der Waals surface area contributed by atoms with Gasteiger partial charge in [0, 0.05) is 6.61 Å². The van der Waals surface area contributed by atoms with Crippen molar-refractivity contribution in [2.45, 2.75) is 22.8 Å². The number of carbonyl (C=O) groups excluding carboxylic acids is 1. The van der Waals surface area contributed by atoms with Crippen molar-refractivity contribution in [1.82, 2.24) is 0 Å². The average molecular weight is 411 g/mol. The second kappa shape index (κ2) is 8.89. The molecule has 7 heteroatoms. The fourth-order valence-corrected chi connectivity index (χ4v) is 4.12. The van der Waals surface area contributed by atoms with Gasteiger partial charge in [0.15, 0.2) is 0 Å². The van der Waals surface area contributed by atoms with Gasteiger partial charge in [0.1, 0.15) is 12.4 Å². The van der Waals surface area contributed by atoms with E-state index in [0.29, 0.717) is 6.42 Å². The maximum atomic E-state index is 12.9. The number of benzene rings is 3. The Kier molecular flexibility index (Phi) is 6.31. The molecule has 3 aromatic carbocycles. The van der Waals surface area contributed by atoms with Crippen molar-refractivity contribution in [3.63, 3.8) is 0 Å². The molecule has 3 aromatic rings. The molecule has 0 spiro atoms. The van der Waals surface area contributed by atoms with Crippen molar-refractivity contribution in [3.05, 3.63) is 89.5 Å². The van der Waals surface area contributed by atoms with Crippen molar-refractivity contribution in [1.29, 1.82) is 0 Å². The van der Waals surface area contributed by atoms with Gasteiger partial charge >= 0.3 is 0 Å². The molecule has 1 amide bonds. The zero-order chi connectivity index (χ0) is 20.9. The third-order valence-corrected chi connectivity index (χ3v) is 6.17. The minimum atomic E-state index is -3.84. The van der Waals surface area contributed by atoms with E-state index in [1.165, 1.54) is 30.3 Å². The fraction of sp³-hybridized carbons (Fsp3) is 0.136. The number of aliphatic hydroxyl groups excluding tert-OH is 1. The Hall–Kier alpha value is -3.16. The highest BCUT2D eigenvalue weighted by atomic mass is 32.2. The number of aliphatic hydroxyl groups is 1. The van der Waals surface area contributed by atoms with Crippen molar-refractivity contribution >= 4 is 15.7 Å². The van der Waals surface area contributed by atoms with E-state index < -0.39 is 15.7 Å². The number of ether oxygens (including phenoxy) is 1. The van der Waals surface area contributed by atoms with E-state index in [-0.39, 0.29) is 34.3 Å². The summed E-state index contributed by atoms with van der Waals surface area (Å²) in [4.78, 5) is 11.9. The molecule has 29 heavy (non-hydrogen) atoms. The van der Waals surface area contributed by atoms with Crippen LogP contribution in [0.3, 0.4) is 0 Å². The summed E-state index contributed by atoms with van der Waals surface area (Å²) in [7, 11) is -3.84. The van der Waals surface area contributed by atoms with E-state index in [4.69, 9.17) is 15.6 Å². The lowest BCUT2D eigenvalue weighted by molar-refractivity contribution is 0.0995. The van der Waals surface area contributed by atoms with Crippen LogP contribution < -0.4 is 10.5 Å². The Labute approximate surface area is 169 Å². The van der Waals surface area contributed by atoms with Gasteiger partial charge in [-0.2, -0.15) is 0 Å². The van der Waals surface area contributed by atoms with Crippen molar-refractivity contribution in [2.24, 2.45) is 5.73 Å². The van der Waals surface area contributed by atoms with E-state index in [1.807, 2.05) is 30.3 Å². The second-order valence-corrected chi connectivity index (χ2v) is 8.37. The minimum absolute atomic E-state index is 0.00101. The molecule has 0 fully saturated rings. The molecular weight excluding hydrogens is 390 g/mol. The molecule has 0 saturated carbocycles. The van der Waals surface area contributed by atoms with Crippen LogP contribution in [0.1, 0.15) is 21.5 Å². The number of sulfone groups is 1. The Morgan fingerprint density at radius 3 is 2.17 bits per heavy atom. The molecule has 150 valence electrons. The monoisotopic (exact) mass is 411 g/mol. The Bertz CT molecular complexity index is 1090. The first-order valence-electron chi connectivity index (χ1n) is 8.97. The molecule has 0 aromatic heterocycles. The highest BCUT2D eigenvalue weighted by Crippen LogP contribution is 2.27. The topological polar surface area (TPSA) is 107 Å². The molecular formula is C22H21NO5S. The number of nitrogens with two attached hydrogens (primary N) is 1. The van der Waals surface area contributed by atoms with Gasteiger partial charge in [-0.1, -0.05) is 42.5 Å². The molecule has 0 aliphatic heterocycles. The maximum Gasteiger partial charge on any atom is 0.252 e. The SMILES string of the molecule is NC(=O)c1cc(S(=O)(=O)c2ccc(CCO)cc2)ccc1OCc1ccccc1. The molecule has 0 bridgehead atoms. The number of primary amides is 1. The van der Waals surface area contributed by atoms with E-state index in [0.717, 1.165) is 11.1 Å². The van der Waals surface area contributed by atoms with Crippen LogP contribution in [-0.2, 0) is 22.9 Å². The third-order valence-electron chi connectivity index (χ3n) is 4.40. The summed E-state index contributed by atoms with van der Waals surface area (Å²) in [6, 6.07) is 19.7. The summed E-state index contributed by atoms with van der Waals surface area (Å²) in [5.74, 6) is -0.554. The van der Waals surface area contributed by atoms with Crippen LogP contribution in [0.5, 0.6) is 5.75 Å². The number of carbonyl (C=O) groups is 1. The zero-order valence-corrected chi connectivity index (χ0v) is 16.4. The number of amides is 1. The Morgan fingerprint density at radius 1 is 0.897 bits per heavy atom. The molecule has 0 unspecified atom stereocenters. The number of hydrogen-bond acceptors (Lipinski definition) is 5. The second-order valence-electron chi connectivity index (χ2n) is 6.42. The van der Waals surface area contributed by atoms with Gasteiger partial charge in [-0.15, -0.1) is 0 Å². The van der Waals surface area contributed by atoms with Crippen molar-refractivity contribution in [3.8, 4) is 5.75 Å². The van der Waals surface area contributed by atoms with Crippen molar-refractivity contribution in [2.75, 3.05) is 6.61 Å². The minimum Gasteiger partial charge on any atom is -0.488 e. The van der Waals surface area contributed by atoms with Gasteiger partial charge in [0.2, 0.25) is 9.84 Å². The standard InChI is InChI=1S/C22H21NO5S/c23-22(25)20-14-19(10-11-21(20)28-15-17-4-2-1-3-5-17)29(26,27)18-8-6-16(7-9-18)12-13-24/h1-11,14,24H,12-13,15H2,(H2,23,25). The van der Waals surface area contributed by atoms with Crippen molar-refractivity contribution < 1.29 is 23.1 Å². The first kappa shape index (κ1) is 20.6. The third kappa shape index (κ3) is 4.82. The van der Waals surface area contributed by atoms with Gasteiger partial charge in [-0.05, 0) is 47.9 Å². The molecule has 6 nitrogen and oxygen atoms in total. The molecule has 0 aliphatic carbocycles. The van der Waals surface area contributed by atoms with E-state index in [1.54, 1.807) is 12.1 Å². The first-order chi connectivity index (χ1) is 13.9.